The molecule has 236 valence electrons. The van der Waals surface area contributed by atoms with Crippen molar-refractivity contribution in [2.24, 2.45) is 0 Å². The predicted molar refractivity (Wildman–Crippen MR) is 202 cm³/mol. The van der Waals surface area contributed by atoms with Gasteiger partial charge >= 0.3 is 0 Å². The fourth-order valence-corrected chi connectivity index (χ4v) is 8.95. The monoisotopic (exact) mass is 654 g/mol. The van der Waals surface area contributed by atoms with Crippen molar-refractivity contribution < 1.29 is 14.2 Å². The van der Waals surface area contributed by atoms with Crippen LogP contribution in [-0.2, 0) is 0 Å². The van der Waals surface area contributed by atoms with Crippen molar-refractivity contribution in [3.8, 4) is 45.9 Å². The summed E-state index contributed by atoms with van der Waals surface area (Å²) in [4.78, 5) is 5.21. The van der Waals surface area contributed by atoms with E-state index in [-0.39, 0.29) is 6.71 Å². The summed E-state index contributed by atoms with van der Waals surface area (Å²) < 4.78 is 26.9. The number of aromatic nitrogens is 4. The molecular weight excluding hydrogens is 631 g/mol. The number of fused-ring (bicyclic) bond motifs is 9. The zero-order chi connectivity index (χ0) is 32.9. The minimum absolute atomic E-state index is 0.0422. The number of para-hydroxylation sites is 4. The van der Waals surface area contributed by atoms with Gasteiger partial charge in [0.2, 0.25) is 5.78 Å². The Kier molecular flexibility index (Phi) is 4.59. The van der Waals surface area contributed by atoms with Crippen molar-refractivity contribution in [3.63, 3.8) is 0 Å². The van der Waals surface area contributed by atoms with Crippen molar-refractivity contribution in [2.75, 3.05) is 0 Å². The van der Waals surface area contributed by atoms with E-state index in [1.54, 1.807) is 0 Å². The third-order valence-corrected chi connectivity index (χ3v) is 10.9. The standard InChI is InChI=1S/C43H23BN4O3/c1-2-10-24(11-3-1)47-31-21-20-27-26-12-4-6-14-29(26)46(41(27)42(31)48-30-15-7-5-13-28(30)45-43(47)48)25-22-36-40-37(23-25)51-35-19-9-17-33-39(35)44(40)38-32(49-33)16-8-18-34(38)50-36/h1-23H. The van der Waals surface area contributed by atoms with Crippen LogP contribution in [0.1, 0.15) is 0 Å². The van der Waals surface area contributed by atoms with Gasteiger partial charge in [0.15, 0.2) is 0 Å². The van der Waals surface area contributed by atoms with Gasteiger partial charge in [0, 0.05) is 45.0 Å². The number of hydrogen-bond acceptors (Lipinski definition) is 4. The molecule has 3 aliphatic heterocycles. The number of rotatable bonds is 2. The van der Waals surface area contributed by atoms with Crippen molar-refractivity contribution in [1.82, 2.24) is 18.5 Å². The molecule has 6 heterocycles. The molecule has 0 fully saturated rings. The van der Waals surface area contributed by atoms with Gasteiger partial charge in [0.25, 0.3) is 6.71 Å². The minimum Gasteiger partial charge on any atom is -0.458 e. The molecule has 0 saturated carbocycles. The van der Waals surface area contributed by atoms with E-state index in [0.29, 0.717) is 0 Å². The van der Waals surface area contributed by atoms with Crippen LogP contribution in [0.4, 0.5) is 0 Å². The zero-order valence-corrected chi connectivity index (χ0v) is 26.9. The lowest BCUT2D eigenvalue weighted by Crippen LogP contribution is -2.59. The summed E-state index contributed by atoms with van der Waals surface area (Å²) >= 11 is 0. The lowest BCUT2D eigenvalue weighted by molar-refractivity contribution is 0.442. The summed E-state index contributed by atoms with van der Waals surface area (Å²) in [6, 6.07) is 48.5. The average Bonchev–Trinajstić information content (AvgIpc) is 3.82. The fourth-order valence-electron chi connectivity index (χ4n) is 8.95. The normalized spacial score (nSPS) is 13.5. The quantitative estimate of drug-likeness (QED) is 0.176. The second kappa shape index (κ2) is 8.99. The molecule has 0 atom stereocenters. The lowest BCUT2D eigenvalue weighted by Gasteiger charge is -2.37. The maximum atomic E-state index is 6.78. The summed E-state index contributed by atoms with van der Waals surface area (Å²) in [6.45, 7) is -0.0422. The number of hydrogen-bond donors (Lipinski definition) is 0. The van der Waals surface area contributed by atoms with Gasteiger partial charge in [-0.1, -0.05) is 60.7 Å². The van der Waals surface area contributed by atoms with Gasteiger partial charge in [-0.15, -0.1) is 0 Å². The molecule has 0 spiro atoms. The first-order valence-corrected chi connectivity index (χ1v) is 17.2. The molecule has 0 radical (unpaired) electrons. The van der Waals surface area contributed by atoms with Gasteiger partial charge in [0.05, 0.1) is 38.8 Å². The molecule has 7 nitrogen and oxygen atoms in total. The molecule has 0 aliphatic carbocycles. The summed E-state index contributed by atoms with van der Waals surface area (Å²) in [5.74, 6) is 5.73. The SMILES string of the molecule is c1ccc(-n2c3ccc4c5ccccc5n(-c5cc6c7c(c5)Oc5cccc8c5B7c5c(cccc5O6)O8)c4c3n3c4ccccc4nc23)cc1. The molecule has 0 amide bonds. The van der Waals surface area contributed by atoms with E-state index < -0.39 is 0 Å². The summed E-state index contributed by atoms with van der Waals surface area (Å²) in [6.07, 6.45) is 0. The summed E-state index contributed by atoms with van der Waals surface area (Å²) in [7, 11) is 0. The highest BCUT2D eigenvalue weighted by atomic mass is 16.5. The van der Waals surface area contributed by atoms with Gasteiger partial charge in [-0.2, -0.15) is 0 Å². The zero-order valence-electron chi connectivity index (χ0n) is 26.9. The molecule has 0 saturated heterocycles. The molecule has 0 N–H and O–H groups in total. The largest absolute Gasteiger partial charge is 0.458 e. The van der Waals surface area contributed by atoms with Crippen LogP contribution in [0.5, 0.6) is 34.5 Å². The van der Waals surface area contributed by atoms with Gasteiger partial charge in [-0.3, -0.25) is 8.97 Å². The van der Waals surface area contributed by atoms with Crippen molar-refractivity contribution in [1.29, 1.82) is 0 Å². The van der Waals surface area contributed by atoms with E-state index in [1.165, 1.54) is 5.39 Å². The van der Waals surface area contributed by atoms with Crippen molar-refractivity contribution in [2.45, 2.75) is 0 Å². The maximum absolute atomic E-state index is 6.78. The van der Waals surface area contributed by atoms with E-state index in [1.807, 2.05) is 36.4 Å². The van der Waals surface area contributed by atoms with E-state index in [9.17, 15) is 0 Å². The van der Waals surface area contributed by atoms with E-state index in [2.05, 4.69) is 117 Å². The molecule has 51 heavy (non-hydrogen) atoms. The molecule has 7 aromatic carbocycles. The first-order chi connectivity index (χ1) is 25.3. The van der Waals surface area contributed by atoms with E-state index in [0.717, 1.165) is 107 Å². The predicted octanol–water partition coefficient (Wildman–Crippen LogP) is 8.36. The average molecular weight is 654 g/mol. The Balaban J connectivity index is 1.18. The van der Waals surface area contributed by atoms with Crippen LogP contribution >= 0.6 is 0 Å². The topological polar surface area (TPSA) is 54.8 Å². The highest BCUT2D eigenvalue weighted by molar-refractivity contribution is 6.99. The fraction of sp³-hybridized carbons (Fsp3) is 0. The second-order valence-corrected chi connectivity index (χ2v) is 13.5. The van der Waals surface area contributed by atoms with Crippen LogP contribution in [0.25, 0.3) is 61.0 Å². The van der Waals surface area contributed by atoms with E-state index in [4.69, 9.17) is 19.2 Å². The Morgan fingerprint density at radius 1 is 0.431 bits per heavy atom. The molecule has 10 aromatic rings. The summed E-state index contributed by atoms with van der Waals surface area (Å²) in [5.41, 5.74) is 11.5. The molecular formula is C43H23BN4O3. The van der Waals surface area contributed by atoms with Crippen molar-refractivity contribution >= 4 is 72.8 Å². The maximum Gasteiger partial charge on any atom is 0.270 e. The smallest absolute Gasteiger partial charge is 0.270 e. The Morgan fingerprint density at radius 2 is 1.04 bits per heavy atom. The molecule has 0 bridgehead atoms. The van der Waals surface area contributed by atoms with Crippen LogP contribution in [0.3, 0.4) is 0 Å². The molecule has 8 heteroatoms. The molecule has 3 aliphatic rings. The number of benzene rings is 7. The van der Waals surface area contributed by atoms with Crippen molar-refractivity contribution in [3.05, 3.63) is 140 Å². The Morgan fingerprint density at radius 3 is 1.76 bits per heavy atom. The van der Waals surface area contributed by atoms with E-state index >= 15 is 0 Å². The van der Waals surface area contributed by atoms with Gasteiger partial charge < -0.3 is 18.8 Å². The third kappa shape index (κ3) is 3.14. The van der Waals surface area contributed by atoms with Crippen LogP contribution in [0, 0.1) is 0 Å². The Labute approximate surface area is 290 Å². The van der Waals surface area contributed by atoms with Gasteiger partial charge in [-0.05, 0) is 66.7 Å². The van der Waals surface area contributed by atoms with Crippen LogP contribution in [0.15, 0.2) is 140 Å². The molecule has 0 unspecified atom stereocenters. The van der Waals surface area contributed by atoms with Gasteiger partial charge in [0.1, 0.15) is 34.5 Å². The summed E-state index contributed by atoms with van der Waals surface area (Å²) in [5, 5.41) is 2.33. The Hall–Kier alpha value is -6.93. The van der Waals surface area contributed by atoms with Crippen LogP contribution < -0.4 is 30.6 Å². The lowest BCUT2D eigenvalue weighted by atomic mass is 9.34. The Bertz CT molecular complexity index is 3120. The first-order valence-electron chi connectivity index (χ1n) is 17.2. The number of imidazole rings is 2. The number of ether oxygens (including phenoxy) is 3. The highest BCUT2D eigenvalue weighted by Gasteiger charge is 2.46. The highest BCUT2D eigenvalue weighted by Crippen LogP contribution is 2.45. The molecule has 3 aromatic heterocycles. The third-order valence-electron chi connectivity index (χ3n) is 10.9. The first kappa shape index (κ1) is 26.0. The van der Waals surface area contributed by atoms with Gasteiger partial charge in [-0.25, -0.2) is 4.98 Å². The second-order valence-electron chi connectivity index (χ2n) is 13.5. The minimum atomic E-state index is -0.0422. The van der Waals surface area contributed by atoms with Crippen LogP contribution in [0.2, 0.25) is 0 Å². The van der Waals surface area contributed by atoms with Crippen LogP contribution in [-0.4, -0.2) is 25.2 Å². The molecule has 13 rings (SSSR count). The number of nitrogens with zero attached hydrogens (tertiary/aromatic N) is 4.